The molecule has 4 heteroatoms. The Morgan fingerprint density at radius 1 is 1.04 bits per heavy atom. The first-order valence-electron chi connectivity index (χ1n) is 9.09. The summed E-state index contributed by atoms with van der Waals surface area (Å²) in [5, 5.41) is 3.00. The van der Waals surface area contributed by atoms with Gasteiger partial charge in [0.15, 0.2) is 0 Å². The van der Waals surface area contributed by atoms with E-state index in [1.165, 1.54) is 37.3 Å². The van der Waals surface area contributed by atoms with Gasteiger partial charge in [-0.1, -0.05) is 18.9 Å². The molecular formula is C21H23FN2O. The zero-order chi connectivity index (χ0) is 17.2. The Balaban J connectivity index is 1.37. The van der Waals surface area contributed by atoms with Crippen LogP contribution in [0.5, 0.6) is 0 Å². The van der Waals surface area contributed by atoms with Gasteiger partial charge in [-0.3, -0.25) is 4.79 Å². The van der Waals surface area contributed by atoms with Crippen LogP contribution in [0.1, 0.15) is 43.2 Å². The highest BCUT2D eigenvalue weighted by Gasteiger charge is 2.20. The first kappa shape index (κ1) is 16.1. The van der Waals surface area contributed by atoms with Crippen LogP contribution in [0.15, 0.2) is 42.5 Å². The van der Waals surface area contributed by atoms with E-state index in [9.17, 15) is 9.18 Å². The number of carbonyl (C=O) groups is 1. The number of fused-ring (bicyclic) bond motifs is 1. The van der Waals surface area contributed by atoms with Crippen LogP contribution in [-0.4, -0.2) is 5.91 Å². The fourth-order valence-corrected chi connectivity index (χ4v) is 3.99. The van der Waals surface area contributed by atoms with Crippen molar-refractivity contribution in [3.63, 3.8) is 0 Å². The molecule has 1 aliphatic carbocycles. The van der Waals surface area contributed by atoms with Gasteiger partial charge in [-0.05, 0) is 66.3 Å². The van der Waals surface area contributed by atoms with E-state index in [4.69, 9.17) is 0 Å². The van der Waals surface area contributed by atoms with E-state index < -0.39 is 0 Å². The Hall–Kier alpha value is -2.36. The lowest BCUT2D eigenvalue weighted by Crippen LogP contribution is -2.16. The monoisotopic (exact) mass is 338 g/mol. The van der Waals surface area contributed by atoms with E-state index in [1.54, 1.807) is 6.07 Å². The van der Waals surface area contributed by atoms with Crippen LogP contribution in [0.25, 0.3) is 0 Å². The molecule has 1 amide bonds. The van der Waals surface area contributed by atoms with E-state index in [0.29, 0.717) is 12.3 Å². The summed E-state index contributed by atoms with van der Waals surface area (Å²) in [5.41, 5.74) is 4.16. The Kier molecular flexibility index (Phi) is 4.43. The fourth-order valence-electron chi connectivity index (χ4n) is 3.99. The Morgan fingerprint density at radius 2 is 1.76 bits per heavy atom. The van der Waals surface area contributed by atoms with Crippen molar-refractivity contribution in [1.29, 1.82) is 0 Å². The molecule has 0 radical (unpaired) electrons. The standard InChI is InChI=1S/C21H23FN2O/c22-18-6-5-16-13-24(14-17(16)12-18)20-9-7-19(8-10-20)23-21(25)11-15-3-1-2-4-15/h5-10,12,15H,1-4,11,13-14H2,(H,23,25). The molecule has 1 fully saturated rings. The first-order chi connectivity index (χ1) is 12.2. The molecular weight excluding hydrogens is 315 g/mol. The summed E-state index contributed by atoms with van der Waals surface area (Å²) < 4.78 is 13.4. The fraction of sp³-hybridized carbons (Fsp3) is 0.381. The molecule has 0 unspecified atom stereocenters. The molecule has 0 spiro atoms. The summed E-state index contributed by atoms with van der Waals surface area (Å²) in [6, 6.07) is 12.9. The SMILES string of the molecule is O=C(CC1CCCC1)Nc1ccc(N2Cc3ccc(F)cc3C2)cc1. The number of hydrogen-bond donors (Lipinski definition) is 1. The van der Waals surface area contributed by atoms with Gasteiger partial charge in [-0.15, -0.1) is 0 Å². The number of carbonyl (C=O) groups excluding carboxylic acids is 1. The van der Waals surface area contributed by atoms with Gasteiger partial charge in [-0.2, -0.15) is 0 Å². The number of rotatable bonds is 4. The number of anilines is 2. The minimum Gasteiger partial charge on any atom is -0.363 e. The summed E-state index contributed by atoms with van der Waals surface area (Å²) in [6.07, 6.45) is 5.52. The number of nitrogens with one attached hydrogen (secondary N) is 1. The summed E-state index contributed by atoms with van der Waals surface area (Å²) in [4.78, 5) is 14.3. The van der Waals surface area contributed by atoms with Crippen LogP contribution >= 0.6 is 0 Å². The molecule has 2 aromatic rings. The van der Waals surface area contributed by atoms with Gasteiger partial charge < -0.3 is 10.2 Å². The van der Waals surface area contributed by atoms with E-state index in [2.05, 4.69) is 10.2 Å². The van der Waals surface area contributed by atoms with Gasteiger partial charge >= 0.3 is 0 Å². The largest absolute Gasteiger partial charge is 0.363 e. The second-order valence-corrected chi connectivity index (χ2v) is 7.22. The van der Waals surface area contributed by atoms with Crippen molar-refractivity contribution in [1.82, 2.24) is 0 Å². The molecule has 3 nitrogen and oxygen atoms in total. The maximum Gasteiger partial charge on any atom is 0.224 e. The molecule has 1 heterocycles. The molecule has 1 aliphatic heterocycles. The summed E-state index contributed by atoms with van der Waals surface area (Å²) in [6.45, 7) is 1.52. The van der Waals surface area contributed by atoms with E-state index in [-0.39, 0.29) is 11.7 Å². The van der Waals surface area contributed by atoms with Crippen molar-refractivity contribution in [3.05, 3.63) is 59.4 Å². The highest BCUT2D eigenvalue weighted by Crippen LogP contribution is 2.30. The summed E-state index contributed by atoms with van der Waals surface area (Å²) in [7, 11) is 0. The molecule has 0 bridgehead atoms. The predicted octanol–water partition coefficient (Wildman–Crippen LogP) is 4.86. The minimum absolute atomic E-state index is 0.115. The smallest absolute Gasteiger partial charge is 0.224 e. The molecule has 0 saturated heterocycles. The lowest BCUT2D eigenvalue weighted by molar-refractivity contribution is -0.117. The van der Waals surface area contributed by atoms with Crippen LogP contribution < -0.4 is 10.2 Å². The lowest BCUT2D eigenvalue weighted by atomic mass is 10.0. The number of hydrogen-bond acceptors (Lipinski definition) is 2. The predicted molar refractivity (Wildman–Crippen MR) is 97.9 cm³/mol. The zero-order valence-corrected chi connectivity index (χ0v) is 14.3. The minimum atomic E-state index is -0.180. The average molecular weight is 338 g/mol. The highest BCUT2D eigenvalue weighted by molar-refractivity contribution is 5.91. The quantitative estimate of drug-likeness (QED) is 0.863. The molecule has 2 aliphatic rings. The molecule has 0 atom stereocenters. The number of amides is 1. The van der Waals surface area contributed by atoms with Crippen LogP contribution in [-0.2, 0) is 17.9 Å². The lowest BCUT2D eigenvalue weighted by Gasteiger charge is -2.18. The van der Waals surface area contributed by atoms with Gasteiger partial charge in [0.05, 0.1) is 0 Å². The van der Waals surface area contributed by atoms with Crippen LogP contribution in [0.4, 0.5) is 15.8 Å². The van der Waals surface area contributed by atoms with Crippen molar-refractivity contribution in [3.8, 4) is 0 Å². The maximum absolute atomic E-state index is 13.4. The van der Waals surface area contributed by atoms with Crippen LogP contribution in [0, 0.1) is 11.7 Å². The molecule has 0 aromatic heterocycles. The second-order valence-electron chi connectivity index (χ2n) is 7.22. The Morgan fingerprint density at radius 3 is 2.52 bits per heavy atom. The third-order valence-electron chi connectivity index (χ3n) is 5.36. The van der Waals surface area contributed by atoms with Gasteiger partial charge in [-0.25, -0.2) is 4.39 Å². The Labute approximate surface area is 147 Å². The number of nitrogens with zero attached hydrogens (tertiary/aromatic N) is 1. The molecule has 1 saturated carbocycles. The Bertz CT molecular complexity index is 766. The summed E-state index contributed by atoms with van der Waals surface area (Å²) in [5.74, 6) is 0.493. The van der Waals surface area contributed by atoms with Crippen molar-refractivity contribution in [2.45, 2.75) is 45.2 Å². The normalized spacial score (nSPS) is 16.9. The summed E-state index contributed by atoms with van der Waals surface area (Å²) >= 11 is 0. The topological polar surface area (TPSA) is 32.3 Å². The third-order valence-corrected chi connectivity index (χ3v) is 5.36. The van der Waals surface area contributed by atoms with Crippen molar-refractivity contribution in [2.24, 2.45) is 5.92 Å². The van der Waals surface area contributed by atoms with E-state index >= 15 is 0 Å². The second kappa shape index (κ2) is 6.87. The van der Waals surface area contributed by atoms with E-state index in [0.717, 1.165) is 30.0 Å². The average Bonchev–Trinajstić information content (AvgIpc) is 3.24. The van der Waals surface area contributed by atoms with Gasteiger partial charge in [0.25, 0.3) is 0 Å². The zero-order valence-electron chi connectivity index (χ0n) is 14.3. The first-order valence-corrected chi connectivity index (χ1v) is 9.09. The maximum atomic E-state index is 13.4. The number of benzene rings is 2. The highest BCUT2D eigenvalue weighted by atomic mass is 19.1. The molecule has 130 valence electrons. The number of halogens is 1. The van der Waals surface area contributed by atoms with Gasteiger partial charge in [0, 0.05) is 30.9 Å². The molecule has 2 aromatic carbocycles. The molecule has 4 rings (SSSR count). The van der Waals surface area contributed by atoms with Gasteiger partial charge in [0.2, 0.25) is 5.91 Å². The van der Waals surface area contributed by atoms with Crippen molar-refractivity contribution < 1.29 is 9.18 Å². The van der Waals surface area contributed by atoms with Crippen molar-refractivity contribution in [2.75, 3.05) is 10.2 Å². The van der Waals surface area contributed by atoms with Crippen LogP contribution in [0.3, 0.4) is 0 Å². The van der Waals surface area contributed by atoms with Crippen molar-refractivity contribution >= 4 is 17.3 Å². The molecule has 25 heavy (non-hydrogen) atoms. The van der Waals surface area contributed by atoms with E-state index in [1.807, 2.05) is 30.3 Å². The van der Waals surface area contributed by atoms with Crippen LogP contribution in [0.2, 0.25) is 0 Å². The molecule has 1 N–H and O–H groups in total. The van der Waals surface area contributed by atoms with Gasteiger partial charge in [0.1, 0.15) is 5.82 Å². The third kappa shape index (κ3) is 3.68.